The molecule has 2 heterocycles. The zero-order valence-electron chi connectivity index (χ0n) is 8.96. The number of H-pyrrole nitrogens is 1. The molecule has 16 heavy (non-hydrogen) atoms. The quantitative estimate of drug-likeness (QED) is 0.813. The maximum Gasteiger partial charge on any atom is 0.179 e. The molecule has 1 aliphatic carbocycles. The Hall–Kier alpha value is -0.680. The third-order valence-corrected chi connectivity index (χ3v) is 4.18. The molecule has 0 saturated heterocycles. The molecule has 0 bridgehead atoms. The van der Waals surface area contributed by atoms with Crippen molar-refractivity contribution in [2.24, 2.45) is 0 Å². The molecule has 0 aromatic carbocycles. The zero-order chi connectivity index (χ0) is 11.3. The lowest BCUT2D eigenvalue weighted by molar-refractivity contribution is 0.171. The van der Waals surface area contributed by atoms with E-state index in [1.165, 1.54) is 19.3 Å². The van der Waals surface area contributed by atoms with E-state index in [0.717, 1.165) is 20.4 Å². The first-order valence-corrected chi connectivity index (χ1v) is 6.57. The van der Waals surface area contributed by atoms with Gasteiger partial charge in [0, 0.05) is 16.2 Å². The van der Waals surface area contributed by atoms with Crippen molar-refractivity contribution in [1.29, 1.82) is 0 Å². The van der Waals surface area contributed by atoms with Crippen LogP contribution in [0.2, 0.25) is 0 Å². The number of halogens is 1. The summed E-state index contributed by atoms with van der Waals surface area (Å²) in [5.74, 6) is 0. The molecule has 0 amide bonds. The summed E-state index contributed by atoms with van der Waals surface area (Å²) in [5.41, 5.74) is 2.14. The van der Waals surface area contributed by atoms with E-state index in [-0.39, 0.29) is 5.54 Å². The minimum absolute atomic E-state index is 0.163. The highest BCUT2D eigenvalue weighted by atomic mass is 79.9. The van der Waals surface area contributed by atoms with Gasteiger partial charge in [-0.2, -0.15) is 0 Å². The molecule has 0 aliphatic heterocycles. The third-order valence-electron chi connectivity index (χ3n) is 3.46. The molecule has 3 rings (SSSR count). The molecule has 2 aromatic rings. The summed E-state index contributed by atoms with van der Waals surface area (Å²) in [6.07, 6.45) is 5.48. The third kappa shape index (κ3) is 1.38. The van der Waals surface area contributed by atoms with Gasteiger partial charge in [-0.3, -0.25) is 4.57 Å². The van der Waals surface area contributed by atoms with Crippen LogP contribution < -0.4 is 0 Å². The van der Waals surface area contributed by atoms with Gasteiger partial charge in [0.15, 0.2) is 10.4 Å². The number of hydrogen-bond acceptors (Lipinski definition) is 2. The number of hydrogen-bond donors (Lipinski definition) is 1. The molecular formula is C11H12BrN3S. The van der Waals surface area contributed by atoms with E-state index in [2.05, 4.69) is 37.4 Å². The summed E-state index contributed by atoms with van der Waals surface area (Å²) >= 11 is 8.82. The fourth-order valence-corrected chi connectivity index (χ4v) is 3.13. The van der Waals surface area contributed by atoms with E-state index in [4.69, 9.17) is 12.2 Å². The summed E-state index contributed by atoms with van der Waals surface area (Å²) in [6.45, 7) is 2.25. The van der Waals surface area contributed by atoms with E-state index in [1.54, 1.807) is 0 Å². The average Bonchev–Trinajstić information content (AvgIpc) is 2.50. The number of aromatic amines is 1. The fourth-order valence-electron chi connectivity index (χ4n) is 2.38. The Labute approximate surface area is 107 Å². The number of imidazole rings is 1. The molecule has 0 atom stereocenters. The van der Waals surface area contributed by atoms with Crippen molar-refractivity contribution in [2.75, 3.05) is 0 Å². The Morgan fingerprint density at radius 2 is 2.31 bits per heavy atom. The smallest absolute Gasteiger partial charge is 0.179 e. The summed E-state index contributed by atoms with van der Waals surface area (Å²) in [7, 11) is 0. The van der Waals surface area contributed by atoms with Crippen LogP contribution in [-0.2, 0) is 5.54 Å². The number of pyridine rings is 1. The van der Waals surface area contributed by atoms with Crippen molar-refractivity contribution in [3.8, 4) is 0 Å². The van der Waals surface area contributed by atoms with Gasteiger partial charge in [0.05, 0.1) is 5.52 Å². The molecule has 0 radical (unpaired) electrons. The van der Waals surface area contributed by atoms with Crippen molar-refractivity contribution < 1.29 is 0 Å². The van der Waals surface area contributed by atoms with Gasteiger partial charge in [-0.25, -0.2) is 4.98 Å². The van der Waals surface area contributed by atoms with Gasteiger partial charge in [-0.15, -0.1) is 0 Å². The molecule has 1 N–H and O–H groups in total. The Balaban J connectivity index is 2.32. The van der Waals surface area contributed by atoms with Crippen LogP contribution in [0.3, 0.4) is 0 Å². The lowest BCUT2D eigenvalue weighted by atomic mass is 9.78. The van der Waals surface area contributed by atoms with Crippen molar-refractivity contribution in [3.63, 3.8) is 0 Å². The minimum Gasteiger partial charge on any atom is -0.329 e. The molecule has 5 heteroatoms. The van der Waals surface area contributed by atoms with Crippen LogP contribution in [0.5, 0.6) is 0 Å². The van der Waals surface area contributed by atoms with E-state index < -0.39 is 0 Å². The Morgan fingerprint density at radius 1 is 1.56 bits per heavy atom. The Kier molecular flexibility index (Phi) is 2.23. The average molecular weight is 298 g/mol. The van der Waals surface area contributed by atoms with Gasteiger partial charge in [0.25, 0.3) is 0 Å². The largest absolute Gasteiger partial charge is 0.329 e. The number of nitrogens with one attached hydrogen (secondary N) is 1. The molecule has 84 valence electrons. The number of nitrogens with zero attached hydrogens (tertiary/aromatic N) is 2. The van der Waals surface area contributed by atoms with Gasteiger partial charge in [0.1, 0.15) is 0 Å². The predicted octanol–water partition coefficient (Wildman–Crippen LogP) is 3.76. The van der Waals surface area contributed by atoms with Crippen molar-refractivity contribution in [3.05, 3.63) is 21.5 Å². The highest BCUT2D eigenvalue weighted by molar-refractivity contribution is 9.10. The van der Waals surface area contributed by atoms with Crippen LogP contribution in [0.1, 0.15) is 26.2 Å². The molecule has 0 unspecified atom stereocenters. The summed E-state index contributed by atoms with van der Waals surface area (Å²) in [6, 6.07) is 2.02. The van der Waals surface area contributed by atoms with Crippen molar-refractivity contribution >= 4 is 39.3 Å². The second kappa shape index (κ2) is 3.40. The summed E-state index contributed by atoms with van der Waals surface area (Å²) in [5, 5.41) is 0. The SMILES string of the molecule is CC1(n2c(=S)[nH]c3cc(Br)cnc32)CCC1. The number of fused-ring (bicyclic) bond motifs is 1. The summed E-state index contributed by atoms with van der Waals surface area (Å²) < 4.78 is 3.93. The molecule has 3 nitrogen and oxygen atoms in total. The van der Waals surface area contributed by atoms with Crippen molar-refractivity contribution in [2.45, 2.75) is 31.7 Å². The molecular weight excluding hydrogens is 286 g/mol. The van der Waals surface area contributed by atoms with Crippen LogP contribution in [0.15, 0.2) is 16.7 Å². The molecule has 1 fully saturated rings. The fraction of sp³-hybridized carbons (Fsp3) is 0.455. The first-order chi connectivity index (χ1) is 7.60. The topological polar surface area (TPSA) is 33.6 Å². The monoisotopic (exact) mass is 297 g/mol. The number of aromatic nitrogens is 3. The molecule has 2 aromatic heterocycles. The Bertz CT molecular complexity index is 609. The van der Waals surface area contributed by atoms with E-state index in [0.29, 0.717) is 0 Å². The Morgan fingerprint density at radius 3 is 2.94 bits per heavy atom. The molecule has 1 aliphatic rings. The standard InChI is InChI=1S/C11H12BrN3S/c1-11(3-2-4-11)15-9-8(14-10(15)16)5-7(12)6-13-9/h5-6H,2-4H2,1H3,(H,14,16). The predicted molar refractivity (Wildman–Crippen MR) is 70.1 cm³/mol. The van der Waals surface area contributed by atoms with Crippen molar-refractivity contribution in [1.82, 2.24) is 14.5 Å². The van der Waals surface area contributed by atoms with Crippen LogP contribution >= 0.6 is 28.1 Å². The maximum absolute atomic E-state index is 5.40. The van der Waals surface area contributed by atoms with Crippen LogP contribution in [-0.4, -0.2) is 14.5 Å². The summed E-state index contributed by atoms with van der Waals surface area (Å²) in [4.78, 5) is 7.70. The van der Waals surface area contributed by atoms with Gasteiger partial charge in [0.2, 0.25) is 0 Å². The normalized spacial score (nSPS) is 18.6. The lowest BCUT2D eigenvalue weighted by Gasteiger charge is -2.39. The van der Waals surface area contributed by atoms with Gasteiger partial charge in [-0.1, -0.05) is 0 Å². The maximum atomic E-state index is 5.40. The van der Waals surface area contributed by atoms with Gasteiger partial charge < -0.3 is 4.98 Å². The molecule has 1 saturated carbocycles. The van der Waals surface area contributed by atoms with Crippen LogP contribution in [0.4, 0.5) is 0 Å². The second-order valence-electron chi connectivity index (χ2n) is 4.64. The minimum atomic E-state index is 0.163. The lowest BCUT2D eigenvalue weighted by Crippen LogP contribution is -2.37. The van der Waals surface area contributed by atoms with E-state index in [1.807, 2.05) is 12.3 Å². The number of rotatable bonds is 1. The molecule has 0 spiro atoms. The van der Waals surface area contributed by atoms with Crippen LogP contribution in [0.25, 0.3) is 11.2 Å². The van der Waals surface area contributed by atoms with Crippen LogP contribution in [0, 0.1) is 4.77 Å². The van der Waals surface area contributed by atoms with E-state index >= 15 is 0 Å². The van der Waals surface area contributed by atoms with Gasteiger partial charge >= 0.3 is 0 Å². The highest BCUT2D eigenvalue weighted by Crippen LogP contribution is 2.40. The first kappa shape index (κ1) is 10.5. The highest BCUT2D eigenvalue weighted by Gasteiger charge is 2.35. The first-order valence-electron chi connectivity index (χ1n) is 5.37. The van der Waals surface area contributed by atoms with Gasteiger partial charge in [-0.05, 0) is 60.4 Å². The second-order valence-corrected chi connectivity index (χ2v) is 5.94. The van der Waals surface area contributed by atoms with E-state index in [9.17, 15) is 0 Å². The zero-order valence-corrected chi connectivity index (χ0v) is 11.4.